The van der Waals surface area contributed by atoms with Gasteiger partial charge in [-0.15, -0.1) is 6.58 Å². The van der Waals surface area contributed by atoms with Gasteiger partial charge in [0.25, 0.3) is 5.91 Å². The van der Waals surface area contributed by atoms with Crippen LogP contribution in [-0.4, -0.2) is 20.6 Å². The summed E-state index contributed by atoms with van der Waals surface area (Å²) < 4.78 is 1.23. The first-order valence-electron chi connectivity index (χ1n) is 3.68. The summed E-state index contributed by atoms with van der Waals surface area (Å²) in [4.78, 5) is 20.5. The first-order valence-corrected chi connectivity index (χ1v) is 3.68. The number of primary amides is 1. The van der Waals surface area contributed by atoms with Gasteiger partial charge in [-0.05, 0) is 4.92 Å². The summed E-state index contributed by atoms with van der Waals surface area (Å²) in [6, 6.07) is 0. The van der Waals surface area contributed by atoms with Crippen LogP contribution >= 0.6 is 0 Å². The number of allylic oxidation sites excluding steroid dienone is 1. The van der Waals surface area contributed by atoms with Gasteiger partial charge in [0.2, 0.25) is 0 Å². The van der Waals surface area contributed by atoms with Crippen molar-refractivity contribution in [2.75, 3.05) is 0 Å². The molecule has 7 heteroatoms. The fraction of sp³-hybridized carbons (Fsp3) is 0.143. The third kappa shape index (κ3) is 1.76. The maximum Gasteiger partial charge on any atom is 0.402 e. The molecule has 0 spiro atoms. The summed E-state index contributed by atoms with van der Waals surface area (Å²) in [5, 5.41) is 14.0. The van der Waals surface area contributed by atoms with E-state index >= 15 is 0 Å². The smallest absolute Gasteiger partial charge is 0.365 e. The summed E-state index contributed by atoms with van der Waals surface area (Å²) in [6.45, 7) is 3.72. The van der Waals surface area contributed by atoms with Gasteiger partial charge in [-0.3, -0.25) is 4.79 Å². The van der Waals surface area contributed by atoms with E-state index in [-0.39, 0.29) is 12.1 Å². The van der Waals surface area contributed by atoms with E-state index in [9.17, 15) is 14.9 Å². The Hall–Kier alpha value is -2.18. The molecule has 1 heterocycles. The fourth-order valence-corrected chi connectivity index (χ4v) is 0.946. The molecule has 0 aliphatic carbocycles. The van der Waals surface area contributed by atoms with Crippen molar-refractivity contribution < 1.29 is 9.72 Å². The summed E-state index contributed by atoms with van der Waals surface area (Å²) in [5.74, 6) is -1.40. The van der Waals surface area contributed by atoms with Gasteiger partial charge < -0.3 is 15.8 Å². The molecule has 0 saturated carbocycles. The van der Waals surface area contributed by atoms with Crippen molar-refractivity contribution in [3.8, 4) is 0 Å². The number of carbonyl (C=O) groups excluding carboxylic acids is 1. The normalized spacial score (nSPS) is 9.71. The molecule has 74 valence electrons. The molecule has 0 saturated heterocycles. The molecule has 1 aromatic heterocycles. The maximum absolute atomic E-state index is 10.8. The van der Waals surface area contributed by atoms with E-state index in [0.717, 1.165) is 0 Å². The predicted molar refractivity (Wildman–Crippen MR) is 47.6 cm³/mol. The Morgan fingerprint density at radius 2 is 2.50 bits per heavy atom. The summed E-state index contributed by atoms with van der Waals surface area (Å²) >= 11 is 0. The number of amides is 1. The Kier molecular flexibility index (Phi) is 2.61. The van der Waals surface area contributed by atoms with E-state index in [4.69, 9.17) is 5.73 Å². The molecular weight excluding hydrogens is 188 g/mol. The van der Waals surface area contributed by atoms with E-state index in [1.165, 1.54) is 17.0 Å². The molecule has 0 radical (unpaired) electrons. The minimum Gasteiger partial charge on any atom is -0.365 e. The van der Waals surface area contributed by atoms with E-state index in [0.29, 0.717) is 0 Å². The lowest BCUT2D eigenvalue weighted by Crippen LogP contribution is -2.11. The highest BCUT2D eigenvalue weighted by Gasteiger charge is 2.23. The van der Waals surface area contributed by atoms with Crippen LogP contribution in [0.2, 0.25) is 0 Å². The number of hydrogen-bond donors (Lipinski definition) is 1. The Balaban J connectivity index is 3.18. The van der Waals surface area contributed by atoms with E-state index in [1.54, 1.807) is 0 Å². The molecule has 2 N–H and O–H groups in total. The third-order valence-electron chi connectivity index (χ3n) is 1.50. The Morgan fingerprint density at radius 1 is 1.86 bits per heavy atom. The molecular formula is C7H8N4O3. The highest BCUT2D eigenvalue weighted by molar-refractivity contribution is 5.95. The first-order chi connectivity index (χ1) is 6.56. The monoisotopic (exact) mass is 196 g/mol. The summed E-state index contributed by atoms with van der Waals surface area (Å²) in [6.07, 6.45) is 2.73. The summed E-state index contributed by atoms with van der Waals surface area (Å²) in [7, 11) is 0. The average molecular weight is 196 g/mol. The number of nitrogens with two attached hydrogens (primary N) is 1. The topological polar surface area (TPSA) is 104 Å². The van der Waals surface area contributed by atoms with Crippen molar-refractivity contribution in [2.45, 2.75) is 6.54 Å². The zero-order chi connectivity index (χ0) is 10.7. The molecule has 1 rings (SSSR count). The Labute approximate surface area is 79.0 Å². The van der Waals surface area contributed by atoms with Crippen LogP contribution < -0.4 is 5.73 Å². The number of rotatable bonds is 4. The third-order valence-corrected chi connectivity index (χ3v) is 1.50. The molecule has 0 fully saturated rings. The molecule has 1 aromatic rings. The number of nitrogens with zero attached hydrogens (tertiary/aromatic N) is 3. The van der Waals surface area contributed by atoms with Crippen LogP contribution in [0.25, 0.3) is 0 Å². The van der Waals surface area contributed by atoms with Crippen molar-refractivity contribution in [1.29, 1.82) is 0 Å². The second kappa shape index (κ2) is 3.69. The SMILES string of the molecule is C=CCn1cc(C(N)=O)c([N+](=O)[O-])n1. The molecule has 0 aliphatic heterocycles. The standard InChI is InChI=1S/C7H8N4O3/c1-2-3-10-4-5(6(8)12)7(9-10)11(13)14/h2,4H,1,3H2,(H2,8,12). The van der Waals surface area contributed by atoms with Crippen LogP contribution in [0.3, 0.4) is 0 Å². The van der Waals surface area contributed by atoms with Crippen molar-refractivity contribution >= 4 is 11.7 Å². The Bertz CT molecular complexity index is 364. The Morgan fingerprint density at radius 3 is 2.86 bits per heavy atom. The lowest BCUT2D eigenvalue weighted by atomic mass is 10.3. The molecule has 14 heavy (non-hydrogen) atoms. The van der Waals surface area contributed by atoms with Crippen LogP contribution in [0, 0.1) is 10.1 Å². The number of aromatic nitrogens is 2. The van der Waals surface area contributed by atoms with Gasteiger partial charge >= 0.3 is 5.82 Å². The number of hydrogen-bond acceptors (Lipinski definition) is 4. The minimum atomic E-state index is -0.869. The zero-order valence-corrected chi connectivity index (χ0v) is 7.21. The highest BCUT2D eigenvalue weighted by Crippen LogP contribution is 2.14. The quantitative estimate of drug-likeness (QED) is 0.418. The predicted octanol–water partition coefficient (Wildman–Crippen LogP) is 0.0762. The van der Waals surface area contributed by atoms with Gasteiger partial charge in [0.1, 0.15) is 0 Å². The highest BCUT2D eigenvalue weighted by atomic mass is 16.6. The molecule has 1 amide bonds. The van der Waals surface area contributed by atoms with Gasteiger partial charge in [-0.25, -0.2) is 0 Å². The second-order valence-electron chi connectivity index (χ2n) is 2.50. The van der Waals surface area contributed by atoms with Crippen molar-refractivity contribution in [3.05, 3.63) is 34.5 Å². The fourth-order valence-electron chi connectivity index (χ4n) is 0.946. The second-order valence-corrected chi connectivity index (χ2v) is 2.50. The average Bonchev–Trinajstić information content (AvgIpc) is 2.49. The lowest BCUT2D eigenvalue weighted by molar-refractivity contribution is -0.390. The zero-order valence-electron chi connectivity index (χ0n) is 7.21. The number of carbonyl (C=O) groups is 1. The van der Waals surface area contributed by atoms with Gasteiger partial charge in [0.05, 0.1) is 17.8 Å². The largest absolute Gasteiger partial charge is 0.402 e. The van der Waals surface area contributed by atoms with Gasteiger partial charge in [-0.1, -0.05) is 6.08 Å². The molecule has 0 aromatic carbocycles. The van der Waals surface area contributed by atoms with Crippen molar-refractivity contribution in [1.82, 2.24) is 9.78 Å². The number of nitro groups is 1. The molecule has 0 bridgehead atoms. The van der Waals surface area contributed by atoms with Gasteiger partial charge in [0, 0.05) is 0 Å². The molecule has 0 atom stereocenters. The first kappa shape index (κ1) is 9.90. The van der Waals surface area contributed by atoms with Gasteiger partial charge in [-0.2, -0.15) is 4.68 Å². The van der Waals surface area contributed by atoms with Crippen molar-refractivity contribution in [2.24, 2.45) is 5.73 Å². The van der Waals surface area contributed by atoms with E-state index in [1.807, 2.05) is 0 Å². The van der Waals surface area contributed by atoms with Crippen LogP contribution in [0.5, 0.6) is 0 Å². The van der Waals surface area contributed by atoms with E-state index < -0.39 is 16.6 Å². The van der Waals surface area contributed by atoms with Crippen molar-refractivity contribution in [3.63, 3.8) is 0 Å². The maximum atomic E-state index is 10.8. The molecule has 7 nitrogen and oxygen atoms in total. The van der Waals surface area contributed by atoms with Gasteiger partial charge in [0.15, 0.2) is 5.56 Å². The lowest BCUT2D eigenvalue weighted by Gasteiger charge is -1.88. The molecule has 0 aliphatic rings. The van der Waals surface area contributed by atoms with Crippen LogP contribution in [-0.2, 0) is 6.54 Å². The van der Waals surface area contributed by atoms with Crippen LogP contribution in [0.4, 0.5) is 5.82 Å². The minimum absolute atomic E-state index is 0.197. The van der Waals surface area contributed by atoms with Crippen LogP contribution in [0.1, 0.15) is 10.4 Å². The van der Waals surface area contributed by atoms with E-state index in [2.05, 4.69) is 11.7 Å². The molecule has 0 unspecified atom stereocenters. The van der Waals surface area contributed by atoms with Crippen LogP contribution in [0.15, 0.2) is 18.9 Å². The summed E-state index contributed by atoms with van der Waals surface area (Å²) in [5.41, 5.74) is 4.74.